The highest BCUT2D eigenvalue weighted by atomic mass is 16.2. The second-order valence-electron chi connectivity index (χ2n) is 7.70. The Labute approximate surface area is 176 Å². The molecule has 0 aromatic heterocycles. The van der Waals surface area contributed by atoms with Gasteiger partial charge in [0.1, 0.15) is 0 Å². The summed E-state index contributed by atoms with van der Waals surface area (Å²) in [7, 11) is 0. The van der Waals surface area contributed by atoms with E-state index in [1.54, 1.807) is 24.3 Å². The number of nitrogens with one attached hydrogen (secondary N) is 1. The zero-order valence-corrected chi connectivity index (χ0v) is 16.9. The van der Waals surface area contributed by atoms with Gasteiger partial charge < -0.3 is 10.2 Å². The van der Waals surface area contributed by atoms with E-state index in [2.05, 4.69) is 22.3 Å². The third-order valence-electron chi connectivity index (χ3n) is 5.57. The van der Waals surface area contributed by atoms with Gasteiger partial charge >= 0.3 is 6.03 Å². The summed E-state index contributed by atoms with van der Waals surface area (Å²) in [6, 6.07) is 17.1. The number of carbonyl (C=O) groups excluding carboxylic acids is 3. The summed E-state index contributed by atoms with van der Waals surface area (Å²) in [4.78, 5) is 42.1. The Hall–Kier alpha value is -3.19. The van der Waals surface area contributed by atoms with Crippen molar-refractivity contribution >= 4 is 29.2 Å². The number of hydrogen-bond donors (Lipinski definition) is 1. The molecule has 0 saturated carbocycles. The Balaban J connectivity index is 1.29. The summed E-state index contributed by atoms with van der Waals surface area (Å²) in [5.41, 5.74) is 2.48. The van der Waals surface area contributed by atoms with Gasteiger partial charge in [0.15, 0.2) is 0 Å². The molecule has 0 radical (unpaired) electrons. The number of amides is 4. The summed E-state index contributed by atoms with van der Waals surface area (Å²) in [5, 5.41) is 2.91. The summed E-state index contributed by atoms with van der Waals surface area (Å²) in [6.07, 6.45) is 1.39. The maximum Gasteiger partial charge on any atom is 0.321 e. The van der Waals surface area contributed by atoms with Crippen molar-refractivity contribution < 1.29 is 14.4 Å². The first-order chi connectivity index (χ1) is 14.6. The van der Waals surface area contributed by atoms with Gasteiger partial charge in [-0.05, 0) is 36.2 Å². The smallest absolute Gasteiger partial charge is 0.321 e. The molecule has 0 bridgehead atoms. The van der Waals surface area contributed by atoms with Gasteiger partial charge in [-0.1, -0.05) is 30.3 Å². The Bertz CT molecular complexity index is 890. The summed E-state index contributed by atoms with van der Waals surface area (Å²) in [5.74, 6) is -0.340. The second kappa shape index (κ2) is 9.09. The predicted molar refractivity (Wildman–Crippen MR) is 115 cm³/mol. The van der Waals surface area contributed by atoms with E-state index < -0.39 is 0 Å². The van der Waals surface area contributed by atoms with Gasteiger partial charge in [0.05, 0.1) is 5.69 Å². The standard InChI is InChI=1S/C23H26N4O3/c28-21-7-4-8-22(29)27(21)20-11-9-19(10-12-20)24-23(30)26-15-13-25(14-16-26)17-18-5-2-1-3-6-18/h1-3,5-6,9-12H,4,7-8,13-17H2,(H,24,30). The van der Waals surface area contributed by atoms with Crippen LogP contribution in [0.2, 0.25) is 0 Å². The normalized spacial score (nSPS) is 17.9. The SMILES string of the molecule is O=C(Nc1ccc(N2C(=O)CCCC2=O)cc1)N1CCN(Cc2ccccc2)CC1. The first-order valence-electron chi connectivity index (χ1n) is 10.4. The lowest BCUT2D eigenvalue weighted by atomic mass is 10.1. The molecule has 4 amide bonds. The van der Waals surface area contributed by atoms with Crippen LogP contribution < -0.4 is 10.2 Å². The van der Waals surface area contributed by atoms with Crippen molar-refractivity contribution in [3.8, 4) is 0 Å². The Kier molecular flexibility index (Phi) is 6.09. The third-order valence-corrected chi connectivity index (χ3v) is 5.57. The Morgan fingerprint density at radius 2 is 1.47 bits per heavy atom. The number of rotatable bonds is 4. The van der Waals surface area contributed by atoms with Crippen molar-refractivity contribution in [1.29, 1.82) is 0 Å². The zero-order valence-electron chi connectivity index (χ0n) is 16.9. The highest BCUT2D eigenvalue weighted by Gasteiger charge is 2.27. The highest BCUT2D eigenvalue weighted by molar-refractivity contribution is 6.16. The Morgan fingerprint density at radius 3 is 2.10 bits per heavy atom. The van der Waals surface area contributed by atoms with E-state index in [0.29, 0.717) is 43.7 Å². The number of piperidine rings is 1. The van der Waals surface area contributed by atoms with Crippen LogP contribution in [0.1, 0.15) is 24.8 Å². The first-order valence-corrected chi connectivity index (χ1v) is 10.4. The van der Waals surface area contributed by atoms with Gasteiger partial charge in [-0.2, -0.15) is 0 Å². The van der Waals surface area contributed by atoms with E-state index in [-0.39, 0.29) is 17.8 Å². The van der Waals surface area contributed by atoms with Crippen LogP contribution in [0, 0.1) is 0 Å². The fourth-order valence-electron chi connectivity index (χ4n) is 3.89. The number of anilines is 2. The van der Waals surface area contributed by atoms with Gasteiger partial charge in [-0.25, -0.2) is 4.79 Å². The first kappa shape index (κ1) is 20.1. The number of nitrogens with zero attached hydrogens (tertiary/aromatic N) is 3. The maximum atomic E-state index is 12.6. The molecule has 0 atom stereocenters. The van der Waals surface area contributed by atoms with Gasteiger partial charge in [-0.15, -0.1) is 0 Å². The minimum Gasteiger partial charge on any atom is -0.322 e. The molecule has 2 aromatic carbocycles. The van der Waals surface area contributed by atoms with Crippen molar-refractivity contribution in [2.45, 2.75) is 25.8 Å². The molecule has 4 rings (SSSR count). The van der Waals surface area contributed by atoms with Crippen LogP contribution in [-0.2, 0) is 16.1 Å². The van der Waals surface area contributed by atoms with Gasteiger partial charge in [0, 0.05) is 51.3 Å². The molecule has 2 heterocycles. The summed E-state index contributed by atoms with van der Waals surface area (Å²) >= 11 is 0. The second-order valence-corrected chi connectivity index (χ2v) is 7.70. The number of hydrogen-bond acceptors (Lipinski definition) is 4. The maximum absolute atomic E-state index is 12.6. The number of piperazine rings is 1. The predicted octanol–water partition coefficient (Wildman–Crippen LogP) is 3.08. The van der Waals surface area contributed by atoms with Gasteiger partial charge in [0.2, 0.25) is 11.8 Å². The van der Waals surface area contributed by atoms with E-state index >= 15 is 0 Å². The van der Waals surface area contributed by atoms with E-state index in [1.807, 2.05) is 23.1 Å². The topological polar surface area (TPSA) is 73.0 Å². The lowest BCUT2D eigenvalue weighted by molar-refractivity contribution is -0.129. The molecule has 30 heavy (non-hydrogen) atoms. The number of benzene rings is 2. The minimum absolute atomic E-state index is 0.132. The van der Waals surface area contributed by atoms with Crippen molar-refractivity contribution in [2.24, 2.45) is 0 Å². The molecule has 7 nitrogen and oxygen atoms in total. The molecule has 2 fully saturated rings. The van der Waals surface area contributed by atoms with Crippen LogP contribution in [0.4, 0.5) is 16.2 Å². The van der Waals surface area contributed by atoms with Gasteiger partial charge in [-0.3, -0.25) is 19.4 Å². The number of imide groups is 1. The van der Waals surface area contributed by atoms with Crippen molar-refractivity contribution in [3.63, 3.8) is 0 Å². The van der Waals surface area contributed by atoms with Crippen molar-refractivity contribution in [2.75, 3.05) is 36.4 Å². The highest BCUT2D eigenvalue weighted by Crippen LogP contribution is 2.24. The van der Waals surface area contributed by atoms with E-state index in [1.165, 1.54) is 10.5 Å². The molecule has 1 N–H and O–H groups in total. The molecule has 2 aliphatic heterocycles. The molecule has 0 spiro atoms. The average molecular weight is 406 g/mol. The molecular formula is C23H26N4O3. The fourth-order valence-corrected chi connectivity index (χ4v) is 3.89. The quantitative estimate of drug-likeness (QED) is 0.792. The monoisotopic (exact) mass is 406 g/mol. The number of carbonyl (C=O) groups is 3. The molecule has 2 aliphatic rings. The molecule has 2 saturated heterocycles. The molecular weight excluding hydrogens is 380 g/mol. The molecule has 2 aromatic rings. The van der Waals surface area contributed by atoms with E-state index in [9.17, 15) is 14.4 Å². The van der Waals surface area contributed by atoms with Crippen LogP contribution in [0.5, 0.6) is 0 Å². The molecule has 7 heteroatoms. The summed E-state index contributed by atoms with van der Waals surface area (Å²) < 4.78 is 0. The lowest BCUT2D eigenvalue weighted by Crippen LogP contribution is -2.49. The minimum atomic E-state index is -0.170. The van der Waals surface area contributed by atoms with Crippen LogP contribution in [0.15, 0.2) is 54.6 Å². The van der Waals surface area contributed by atoms with Crippen LogP contribution in [0.25, 0.3) is 0 Å². The largest absolute Gasteiger partial charge is 0.322 e. The van der Waals surface area contributed by atoms with Crippen LogP contribution in [0.3, 0.4) is 0 Å². The van der Waals surface area contributed by atoms with Crippen LogP contribution >= 0.6 is 0 Å². The number of urea groups is 1. The lowest BCUT2D eigenvalue weighted by Gasteiger charge is -2.34. The Morgan fingerprint density at radius 1 is 0.833 bits per heavy atom. The van der Waals surface area contributed by atoms with E-state index in [0.717, 1.165) is 19.6 Å². The third kappa shape index (κ3) is 4.68. The summed E-state index contributed by atoms with van der Waals surface area (Å²) in [6.45, 7) is 3.91. The van der Waals surface area contributed by atoms with Gasteiger partial charge in [0.25, 0.3) is 0 Å². The molecule has 0 aliphatic carbocycles. The molecule has 156 valence electrons. The van der Waals surface area contributed by atoms with Crippen LogP contribution in [-0.4, -0.2) is 53.8 Å². The van der Waals surface area contributed by atoms with Crippen molar-refractivity contribution in [3.05, 3.63) is 60.2 Å². The zero-order chi connectivity index (χ0) is 20.9. The van der Waals surface area contributed by atoms with Crippen molar-refractivity contribution in [1.82, 2.24) is 9.80 Å². The fraction of sp³-hybridized carbons (Fsp3) is 0.348. The van der Waals surface area contributed by atoms with E-state index in [4.69, 9.17) is 0 Å². The average Bonchev–Trinajstić information content (AvgIpc) is 2.76. The molecule has 0 unspecified atom stereocenters.